The highest BCUT2D eigenvalue weighted by atomic mass is 16.6. The summed E-state index contributed by atoms with van der Waals surface area (Å²) in [6.45, 7) is 6.86. The van der Waals surface area contributed by atoms with E-state index < -0.39 is 0 Å². The Morgan fingerprint density at radius 2 is 1.27 bits per heavy atom. The van der Waals surface area contributed by atoms with Gasteiger partial charge in [-0.2, -0.15) is 0 Å². The second-order valence-corrected chi connectivity index (χ2v) is 6.38. The number of hydrogen-bond donors (Lipinski definition) is 0. The molecule has 0 unspecified atom stereocenters. The first kappa shape index (κ1) is 21.4. The average molecular weight is 315 g/mol. The minimum absolute atomic E-state index is 0.130. The van der Waals surface area contributed by atoms with Crippen molar-refractivity contribution in [3.05, 3.63) is 0 Å². The van der Waals surface area contributed by atoms with Gasteiger partial charge in [0.15, 0.2) is 0 Å². The molecule has 0 aliphatic carbocycles. The molecule has 0 aromatic rings. The first-order valence-corrected chi connectivity index (χ1v) is 9.41. The van der Waals surface area contributed by atoms with Gasteiger partial charge in [-0.1, -0.05) is 77.6 Å². The Kier molecular flexibility index (Phi) is 16.4. The predicted octanol–water partition coefficient (Wildman–Crippen LogP) is 5.66. The maximum atomic E-state index is 10.7. The third-order valence-corrected chi connectivity index (χ3v) is 3.86. The minimum Gasteiger partial charge on any atom is -0.460 e. The van der Waals surface area contributed by atoms with E-state index in [1.807, 2.05) is 6.92 Å². The van der Waals surface area contributed by atoms with E-state index in [4.69, 9.17) is 9.47 Å². The van der Waals surface area contributed by atoms with Crippen molar-refractivity contribution >= 4 is 5.97 Å². The van der Waals surface area contributed by atoms with Crippen LogP contribution in [0.5, 0.6) is 0 Å². The molecular weight excluding hydrogens is 276 g/mol. The highest BCUT2D eigenvalue weighted by Gasteiger charge is 2.04. The zero-order chi connectivity index (χ0) is 16.5. The minimum atomic E-state index is -0.235. The molecule has 0 saturated heterocycles. The van der Waals surface area contributed by atoms with Crippen LogP contribution in [-0.4, -0.2) is 25.3 Å². The Morgan fingerprint density at radius 1 is 0.818 bits per heavy atom. The van der Waals surface area contributed by atoms with E-state index in [0.29, 0.717) is 6.61 Å². The fourth-order valence-electron chi connectivity index (χ4n) is 2.61. The molecule has 1 atom stereocenters. The topological polar surface area (TPSA) is 35.5 Å². The highest BCUT2D eigenvalue weighted by Crippen LogP contribution is 2.11. The van der Waals surface area contributed by atoms with Crippen molar-refractivity contribution in [2.45, 2.75) is 104 Å². The molecule has 3 nitrogen and oxygen atoms in total. The van der Waals surface area contributed by atoms with Crippen LogP contribution in [-0.2, 0) is 14.3 Å². The summed E-state index contributed by atoms with van der Waals surface area (Å²) in [6, 6.07) is 0. The summed E-state index contributed by atoms with van der Waals surface area (Å²) in [5.41, 5.74) is 0. The molecule has 22 heavy (non-hydrogen) atoms. The summed E-state index contributed by atoms with van der Waals surface area (Å²) < 4.78 is 10.5. The third kappa shape index (κ3) is 17.5. The van der Waals surface area contributed by atoms with Gasteiger partial charge in [0, 0.05) is 13.5 Å². The Bertz CT molecular complexity index is 241. The van der Waals surface area contributed by atoms with Crippen LogP contribution >= 0.6 is 0 Å². The summed E-state index contributed by atoms with van der Waals surface area (Å²) in [6.07, 6.45) is 16.1. The van der Waals surface area contributed by atoms with E-state index in [2.05, 4.69) is 6.92 Å². The van der Waals surface area contributed by atoms with Crippen LogP contribution in [0.4, 0.5) is 0 Å². The number of esters is 1. The van der Waals surface area contributed by atoms with Gasteiger partial charge in [0.25, 0.3) is 0 Å². The molecule has 0 spiro atoms. The quantitative estimate of drug-likeness (QED) is 0.272. The molecule has 0 saturated carbocycles. The van der Waals surface area contributed by atoms with Gasteiger partial charge in [-0.3, -0.25) is 4.79 Å². The Balaban J connectivity index is 3.07. The number of carbonyl (C=O) groups is 1. The average Bonchev–Trinajstić information content (AvgIpc) is 2.47. The van der Waals surface area contributed by atoms with Crippen molar-refractivity contribution in [1.29, 1.82) is 0 Å². The van der Waals surface area contributed by atoms with Crippen molar-refractivity contribution in [3.63, 3.8) is 0 Å². The van der Waals surface area contributed by atoms with Gasteiger partial charge >= 0.3 is 5.97 Å². The molecule has 0 N–H and O–H groups in total. The van der Waals surface area contributed by atoms with Crippen LogP contribution in [0.1, 0.15) is 97.8 Å². The molecule has 0 rings (SSSR count). The van der Waals surface area contributed by atoms with Crippen LogP contribution in [0.3, 0.4) is 0 Å². The molecule has 0 heterocycles. The van der Waals surface area contributed by atoms with Gasteiger partial charge in [-0.15, -0.1) is 0 Å². The van der Waals surface area contributed by atoms with E-state index >= 15 is 0 Å². The zero-order valence-corrected chi connectivity index (χ0v) is 15.2. The fraction of sp³-hybridized carbons (Fsp3) is 0.947. The normalized spacial score (nSPS) is 12.3. The van der Waals surface area contributed by atoms with Gasteiger partial charge in [-0.25, -0.2) is 0 Å². The van der Waals surface area contributed by atoms with E-state index in [0.717, 1.165) is 13.0 Å². The van der Waals surface area contributed by atoms with Gasteiger partial charge in [0.1, 0.15) is 6.10 Å². The highest BCUT2D eigenvalue weighted by molar-refractivity contribution is 5.66. The van der Waals surface area contributed by atoms with Crippen molar-refractivity contribution in [2.75, 3.05) is 13.2 Å². The third-order valence-electron chi connectivity index (χ3n) is 3.86. The molecule has 0 fully saturated rings. The number of carbonyl (C=O) groups excluding carboxylic acids is 1. The molecule has 0 radical (unpaired) electrons. The first-order valence-electron chi connectivity index (χ1n) is 9.41. The standard InChI is InChI=1S/C19H38O3/c1-4-5-6-7-8-9-10-11-12-13-14-15-16-21-17-18(2)22-19(3)20/h18H,4-17H2,1-3H3/t18-/m1/s1. The van der Waals surface area contributed by atoms with E-state index in [1.165, 1.54) is 77.6 Å². The van der Waals surface area contributed by atoms with Gasteiger partial charge in [0.2, 0.25) is 0 Å². The second-order valence-electron chi connectivity index (χ2n) is 6.38. The first-order chi connectivity index (χ1) is 10.7. The predicted molar refractivity (Wildman–Crippen MR) is 93.1 cm³/mol. The number of ether oxygens (including phenoxy) is 2. The lowest BCUT2D eigenvalue weighted by Gasteiger charge is -2.11. The number of unbranched alkanes of at least 4 members (excludes halogenated alkanes) is 11. The molecule has 0 aromatic carbocycles. The summed E-state index contributed by atoms with van der Waals surface area (Å²) in [5.74, 6) is -0.235. The van der Waals surface area contributed by atoms with Crippen molar-refractivity contribution in [2.24, 2.45) is 0 Å². The maximum absolute atomic E-state index is 10.7. The van der Waals surface area contributed by atoms with E-state index in [-0.39, 0.29) is 12.1 Å². The van der Waals surface area contributed by atoms with Crippen molar-refractivity contribution in [1.82, 2.24) is 0 Å². The van der Waals surface area contributed by atoms with Gasteiger partial charge in [0.05, 0.1) is 6.61 Å². The molecule has 0 amide bonds. The van der Waals surface area contributed by atoms with E-state index in [9.17, 15) is 4.79 Å². The molecular formula is C19H38O3. The molecule has 0 aliphatic heterocycles. The maximum Gasteiger partial charge on any atom is 0.302 e. The molecule has 0 aromatic heterocycles. The van der Waals surface area contributed by atoms with Crippen LogP contribution in [0, 0.1) is 0 Å². The van der Waals surface area contributed by atoms with Crippen molar-refractivity contribution in [3.8, 4) is 0 Å². The molecule has 3 heteroatoms. The Labute approximate surface area is 138 Å². The largest absolute Gasteiger partial charge is 0.460 e. The monoisotopic (exact) mass is 314 g/mol. The second kappa shape index (κ2) is 16.8. The number of hydrogen-bond acceptors (Lipinski definition) is 3. The smallest absolute Gasteiger partial charge is 0.302 e. The summed E-state index contributed by atoms with van der Waals surface area (Å²) in [5, 5.41) is 0. The van der Waals surface area contributed by atoms with Crippen LogP contribution in [0.15, 0.2) is 0 Å². The fourth-order valence-corrected chi connectivity index (χ4v) is 2.61. The lowest BCUT2D eigenvalue weighted by atomic mass is 10.1. The van der Waals surface area contributed by atoms with Crippen LogP contribution < -0.4 is 0 Å². The van der Waals surface area contributed by atoms with Crippen LogP contribution in [0.2, 0.25) is 0 Å². The summed E-state index contributed by atoms with van der Waals surface area (Å²) in [4.78, 5) is 10.7. The zero-order valence-electron chi connectivity index (χ0n) is 15.2. The molecule has 132 valence electrons. The lowest BCUT2D eigenvalue weighted by molar-refractivity contribution is -0.148. The molecule has 0 bridgehead atoms. The Hall–Kier alpha value is -0.570. The lowest BCUT2D eigenvalue weighted by Crippen LogP contribution is -2.18. The van der Waals surface area contributed by atoms with Gasteiger partial charge < -0.3 is 9.47 Å². The summed E-state index contributed by atoms with van der Waals surface area (Å²) in [7, 11) is 0. The number of rotatable bonds is 16. The molecule has 0 aliphatic rings. The van der Waals surface area contributed by atoms with E-state index in [1.54, 1.807) is 0 Å². The SMILES string of the molecule is CCCCCCCCCCCCCCOC[C@@H](C)OC(C)=O. The van der Waals surface area contributed by atoms with Gasteiger partial charge in [-0.05, 0) is 13.3 Å². The summed E-state index contributed by atoms with van der Waals surface area (Å²) >= 11 is 0. The van der Waals surface area contributed by atoms with Crippen LogP contribution in [0.25, 0.3) is 0 Å². The Morgan fingerprint density at radius 3 is 1.73 bits per heavy atom. The van der Waals surface area contributed by atoms with Crippen molar-refractivity contribution < 1.29 is 14.3 Å².